The Morgan fingerprint density at radius 3 is 2.88 bits per heavy atom. The first-order chi connectivity index (χ1) is 8.13. The topological polar surface area (TPSA) is 32.3 Å². The van der Waals surface area contributed by atoms with E-state index < -0.39 is 0 Å². The van der Waals surface area contributed by atoms with Gasteiger partial charge < -0.3 is 10.4 Å². The van der Waals surface area contributed by atoms with Gasteiger partial charge in [-0.1, -0.05) is 28.9 Å². The second-order valence-corrected chi connectivity index (χ2v) is 5.26. The van der Waals surface area contributed by atoms with Gasteiger partial charge in [0, 0.05) is 23.2 Å². The summed E-state index contributed by atoms with van der Waals surface area (Å²) in [7, 11) is 0. The predicted octanol–water partition coefficient (Wildman–Crippen LogP) is 3.09. The van der Waals surface area contributed by atoms with Crippen molar-refractivity contribution in [2.75, 3.05) is 13.2 Å². The maximum absolute atomic E-state index is 13.4. The van der Waals surface area contributed by atoms with Gasteiger partial charge in [0.05, 0.1) is 0 Å². The highest BCUT2D eigenvalue weighted by atomic mass is 79.9. The van der Waals surface area contributed by atoms with Crippen molar-refractivity contribution in [1.82, 2.24) is 5.32 Å². The summed E-state index contributed by atoms with van der Waals surface area (Å²) in [6.45, 7) is 3.65. The molecule has 0 aliphatic rings. The summed E-state index contributed by atoms with van der Waals surface area (Å²) in [5.74, 6) is 0.164. The number of halogens is 2. The standard InChI is InChI=1S/C13H19BrFNO/c1-10(9-17)3-2-6-16-8-11-4-5-12(14)7-13(11)15/h4-5,7,10,16-17H,2-3,6,8-9H2,1H3. The van der Waals surface area contributed by atoms with E-state index in [4.69, 9.17) is 5.11 Å². The molecule has 1 atom stereocenters. The molecular formula is C13H19BrFNO. The Morgan fingerprint density at radius 2 is 2.24 bits per heavy atom. The van der Waals surface area contributed by atoms with Crippen LogP contribution in [0.15, 0.2) is 22.7 Å². The van der Waals surface area contributed by atoms with E-state index in [1.54, 1.807) is 6.07 Å². The molecule has 0 aromatic heterocycles. The minimum atomic E-state index is -0.185. The summed E-state index contributed by atoms with van der Waals surface area (Å²) < 4.78 is 14.2. The van der Waals surface area contributed by atoms with E-state index in [9.17, 15) is 4.39 Å². The third-order valence-electron chi connectivity index (χ3n) is 2.69. The zero-order valence-electron chi connectivity index (χ0n) is 10.0. The number of aliphatic hydroxyl groups excluding tert-OH is 1. The number of hydrogen-bond acceptors (Lipinski definition) is 2. The summed E-state index contributed by atoms with van der Waals surface area (Å²) >= 11 is 3.23. The third-order valence-corrected chi connectivity index (χ3v) is 3.19. The Balaban J connectivity index is 2.22. The summed E-state index contributed by atoms with van der Waals surface area (Å²) in [6.07, 6.45) is 1.99. The molecular weight excluding hydrogens is 285 g/mol. The van der Waals surface area contributed by atoms with Crippen LogP contribution in [0, 0.1) is 11.7 Å². The summed E-state index contributed by atoms with van der Waals surface area (Å²) in [6, 6.07) is 5.10. The molecule has 0 saturated heterocycles. The molecule has 1 aromatic carbocycles. The maximum atomic E-state index is 13.4. The van der Waals surface area contributed by atoms with Crippen molar-refractivity contribution in [1.29, 1.82) is 0 Å². The number of aliphatic hydroxyl groups is 1. The van der Waals surface area contributed by atoms with Gasteiger partial charge in [-0.15, -0.1) is 0 Å². The van der Waals surface area contributed by atoms with Crippen LogP contribution in [0.1, 0.15) is 25.3 Å². The molecule has 1 rings (SSSR count). The van der Waals surface area contributed by atoms with Crippen LogP contribution >= 0.6 is 15.9 Å². The number of hydrogen-bond donors (Lipinski definition) is 2. The average Bonchev–Trinajstić information content (AvgIpc) is 2.30. The van der Waals surface area contributed by atoms with Gasteiger partial charge in [0.2, 0.25) is 0 Å². The molecule has 0 aliphatic heterocycles. The van der Waals surface area contributed by atoms with Crippen LogP contribution in [0.25, 0.3) is 0 Å². The van der Waals surface area contributed by atoms with Crippen LogP contribution in [0.4, 0.5) is 4.39 Å². The fraction of sp³-hybridized carbons (Fsp3) is 0.538. The summed E-state index contributed by atoms with van der Waals surface area (Å²) in [4.78, 5) is 0. The molecule has 0 radical (unpaired) electrons. The van der Waals surface area contributed by atoms with Crippen LogP contribution < -0.4 is 5.32 Å². The molecule has 0 aliphatic carbocycles. The SMILES string of the molecule is CC(CO)CCCNCc1ccc(Br)cc1F. The Hall–Kier alpha value is -0.450. The lowest BCUT2D eigenvalue weighted by molar-refractivity contribution is 0.228. The van der Waals surface area contributed by atoms with Gasteiger partial charge >= 0.3 is 0 Å². The normalized spacial score (nSPS) is 12.7. The van der Waals surface area contributed by atoms with Crippen LogP contribution in [-0.4, -0.2) is 18.3 Å². The van der Waals surface area contributed by atoms with Gasteiger partial charge in [-0.2, -0.15) is 0 Å². The van der Waals surface area contributed by atoms with Crippen molar-refractivity contribution in [2.24, 2.45) is 5.92 Å². The molecule has 0 saturated carbocycles. The molecule has 0 spiro atoms. The van der Waals surface area contributed by atoms with E-state index in [0.717, 1.165) is 23.9 Å². The van der Waals surface area contributed by atoms with Gasteiger partial charge in [0.15, 0.2) is 0 Å². The van der Waals surface area contributed by atoms with E-state index in [1.165, 1.54) is 6.07 Å². The molecule has 4 heteroatoms. The van der Waals surface area contributed by atoms with Crippen molar-refractivity contribution in [3.05, 3.63) is 34.1 Å². The molecule has 2 N–H and O–H groups in total. The van der Waals surface area contributed by atoms with Gasteiger partial charge in [0.1, 0.15) is 5.82 Å². The first kappa shape index (κ1) is 14.6. The molecule has 0 amide bonds. The second-order valence-electron chi connectivity index (χ2n) is 4.34. The van der Waals surface area contributed by atoms with Gasteiger partial charge in [-0.3, -0.25) is 0 Å². The molecule has 1 unspecified atom stereocenters. The molecule has 17 heavy (non-hydrogen) atoms. The van der Waals surface area contributed by atoms with Crippen molar-refractivity contribution < 1.29 is 9.50 Å². The minimum Gasteiger partial charge on any atom is -0.396 e. The molecule has 0 fully saturated rings. The largest absolute Gasteiger partial charge is 0.396 e. The zero-order valence-corrected chi connectivity index (χ0v) is 11.6. The van der Waals surface area contributed by atoms with E-state index in [0.29, 0.717) is 18.0 Å². The summed E-state index contributed by atoms with van der Waals surface area (Å²) in [5, 5.41) is 12.1. The first-order valence-corrected chi connectivity index (χ1v) is 6.68. The highest BCUT2D eigenvalue weighted by Gasteiger charge is 2.02. The van der Waals surface area contributed by atoms with Crippen molar-refractivity contribution in [3.63, 3.8) is 0 Å². The molecule has 2 nitrogen and oxygen atoms in total. The Labute approximate surface area is 110 Å². The highest BCUT2D eigenvalue weighted by molar-refractivity contribution is 9.10. The maximum Gasteiger partial charge on any atom is 0.128 e. The van der Waals surface area contributed by atoms with Crippen LogP contribution in [0.3, 0.4) is 0 Å². The lowest BCUT2D eigenvalue weighted by Crippen LogP contribution is -2.16. The molecule has 0 heterocycles. The minimum absolute atomic E-state index is 0.185. The summed E-state index contributed by atoms with van der Waals surface area (Å²) in [5.41, 5.74) is 0.684. The number of benzene rings is 1. The third kappa shape index (κ3) is 5.61. The lowest BCUT2D eigenvalue weighted by Gasteiger charge is -2.09. The smallest absolute Gasteiger partial charge is 0.128 e. The molecule has 1 aromatic rings. The van der Waals surface area contributed by atoms with E-state index in [1.807, 2.05) is 13.0 Å². The number of rotatable bonds is 7. The second kappa shape index (κ2) is 7.80. The van der Waals surface area contributed by atoms with E-state index >= 15 is 0 Å². The molecule has 0 bridgehead atoms. The van der Waals surface area contributed by atoms with Crippen LogP contribution in [-0.2, 0) is 6.54 Å². The van der Waals surface area contributed by atoms with Gasteiger partial charge in [-0.05, 0) is 37.4 Å². The van der Waals surface area contributed by atoms with Crippen molar-refractivity contribution in [2.45, 2.75) is 26.3 Å². The average molecular weight is 304 g/mol. The Kier molecular flexibility index (Phi) is 6.70. The quantitative estimate of drug-likeness (QED) is 0.759. The van der Waals surface area contributed by atoms with Crippen LogP contribution in [0.5, 0.6) is 0 Å². The molecule has 96 valence electrons. The van der Waals surface area contributed by atoms with Gasteiger partial charge in [-0.25, -0.2) is 4.39 Å². The zero-order chi connectivity index (χ0) is 12.7. The Bertz CT molecular complexity index is 346. The fourth-order valence-corrected chi connectivity index (χ4v) is 1.89. The lowest BCUT2D eigenvalue weighted by atomic mass is 10.1. The van der Waals surface area contributed by atoms with E-state index in [2.05, 4.69) is 21.2 Å². The first-order valence-electron chi connectivity index (χ1n) is 5.89. The fourth-order valence-electron chi connectivity index (χ4n) is 1.55. The van der Waals surface area contributed by atoms with Crippen molar-refractivity contribution >= 4 is 15.9 Å². The Morgan fingerprint density at radius 1 is 1.47 bits per heavy atom. The van der Waals surface area contributed by atoms with E-state index in [-0.39, 0.29) is 12.4 Å². The van der Waals surface area contributed by atoms with Gasteiger partial charge in [0.25, 0.3) is 0 Å². The monoisotopic (exact) mass is 303 g/mol. The highest BCUT2D eigenvalue weighted by Crippen LogP contribution is 2.15. The number of nitrogens with one attached hydrogen (secondary N) is 1. The van der Waals surface area contributed by atoms with Crippen molar-refractivity contribution in [3.8, 4) is 0 Å². The van der Waals surface area contributed by atoms with Crippen LogP contribution in [0.2, 0.25) is 0 Å². The predicted molar refractivity (Wildman–Crippen MR) is 71.3 cm³/mol.